The van der Waals surface area contributed by atoms with Crippen molar-refractivity contribution < 1.29 is 33.0 Å². The summed E-state index contributed by atoms with van der Waals surface area (Å²) in [6.07, 6.45) is 3.00. The molecule has 2 aromatic rings. The maximum absolute atomic E-state index is 12.8. The van der Waals surface area contributed by atoms with E-state index in [0.29, 0.717) is 22.1 Å². The molecule has 9 nitrogen and oxygen atoms in total. The highest BCUT2D eigenvalue weighted by Gasteiger charge is 2.34. The molecule has 3 amide bonds. The van der Waals surface area contributed by atoms with Crippen LogP contribution in [-0.4, -0.2) is 43.6 Å². The SMILES string of the molecule is C=CCOc1c(/C=C2/NC(=O)N(Cc3ccc(C(=O)OC)o3)C2=O)cc(Cl)cc1OC. The van der Waals surface area contributed by atoms with Crippen LogP contribution in [-0.2, 0) is 16.1 Å². The predicted molar refractivity (Wildman–Crippen MR) is 111 cm³/mol. The predicted octanol–water partition coefficient (Wildman–Crippen LogP) is 3.39. The van der Waals surface area contributed by atoms with E-state index in [1.807, 2.05) is 0 Å². The third-order valence-corrected chi connectivity index (χ3v) is 4.46. The molecule has 1 aliphatic heterocycles. The number of nitrogens with zero attached hydrogens (tertiary/aromatic N) is 1. The van der Waals surface area contributed by atoms with Gasteiger partial charge in [0.2, 0.25) is 5.76 Å². The van der Waals surface area contributed by atoms with Gasteiger partial charge < -0.3 is 23.9 Å². The zero-order valence-corrected chi connectivity index (χ0v) is 17.5. The van der Waals surface area contributed by atoms with Gasteiger partial charge in [-0.3, -0.25) is 9.69 Å². The van der Waals surface area contributed by atoms with E-state index in [-0.39, 0.29) is 30.4 Å². The number of carbonyl (C=O) groups excluding carboxylic acids is 3. The van der Waals surface area contributed by atoms with Crippen LogP contribution in [0.5, 0.6) is 11.5 Å². The molecule has 1 fully saturated rings. The van der Waals surface area contributed by atoms with Crippen molar-refractivity contribution in [2.45, 2.75) is 6.54 Å². The molecule has 3 rings (SSSR count). The Balaban J connectivity index is 1.88. The second-order valence-electron chi connectivity index (χ2n) is 6.26. The molecule has 0 radical (unpaired) electrons. The largest absolute Gasteiger partial charge is 0.493 e. The fraction of sp³-hybridized carbons (Fsp3) is 0.190. The lowest BCUT2D eigenvalue weighted by Crippen LogP contribution is -2.30. The number of urea groups is 1. The maximum Gasteiger partial charge on any atom is 0.373 e. The molecule has 0 unspecified atom stereocenters. The summed E-state index contributed by atoms with van der Waals surface area (Å²) in [5, 5.41) is 2.86. The Morgan fingerprint density at radius 3 is 2.74 bits per heavy atom. The minimum atomic E-state index is -0.661. The van der Waals surface area contributed by atoms with Gasteiger partial charge in [-0.1, -0.05) is 24.3 Å². The lowest BCUT2D eigenvalue weighted by atomic mass is 10.1. The first-order valence-corrected chi connectivity index (χ1v) is 9.38. The van der Waals surface area contributed by atoms with E-state index in [2.05, 4.69) is 16.6 Å². The second-order valence-corrected chi connectivity index (χ2v) is 6.70. The number of hydrogen-bond acceptors (Lipinski definition) is 7. The van der Waals surface area contributed by atoms with Crippen LogP contribution in [0.2, 0.25) is 5.02 Å². The zero-order valence-electron chi connectivity index (χ0n) is 16.8. The lowest BCUT2D eigenvalue weighted by molar-refractivity contribution is -0.123. The zero-order chi connectivity index (χ0) is 22.5. The van der Waals surface area contributed by atoms with Gasteiger partial charge >= 0.3 is 12.0 Å². The number of hydrogen-bond donors (Lipinski definition) is 1. The average molecular weight is 447 g/mol. The average Bonchev–Trinajstić information content (AvgIpc) is 3.32. The number of halogens is 1. The van der Waals surface area contributed by atoms with Gasteiger partial charge in [0.05, 0.1) is 20.8 Å². The number of ether oxygens (including phenoxy) is 3. The van der Waals surface area contributed by atoms with Crippen molar-refractivity contribution >= 4 is 35.6 Å². The second kappa shape index (κ2) is 9.40. The summed E-state index contributed by atoms with van der Waals surface area (Å²) >= 11 is 6.14. The number of rotatable bonds is 8. The molecular weight excluding hydrogens is 428 g/mol. The van der Waals surface area contributed by atoms with E-state index in [1.54, 1.807) is 18.2 Å². The first-order valence-electron chi connectivity index (χ1n) is 9.00. The molecule has 1 saturated heterocycles. The number of nitrogens with one attached hydrogen (secondary N) is 1. The van der Waals surface area contributed by atoms with E-state index >= 15 is 0 Å². The van der Waals surface area contributed by atoms with Crippen LogP contribution in [0.25, 0.3) is 6.08 Å². The van der Waals surface area contributed by atoms with Crippen LogP contribution in [0.15, 0.2) is 47.0 Å². The van der Waals surface area contributed by atoms with Crippen LogP contribution in [0.3, 0.4) is 0 Å². The number of furan rings is 1. The molecule has 0 bridgehead atoms. The van der Waals surface area contributed by atoms with Crippen molar-refractivity contribution in [2.75, 3.05) is 20.8 Å². The Morgan fingerprint density at radius 2 is 2.06 bits per heavy atom. The van der Waals surface area contributed by atoms with Gasteiger partial charge in [-0.25, -0.2) is 9.59 Å². The normalized spacial score (nSPS) is 14.5. The van der Waals surface area contributed by atoms with Gasteiger partial charge in [0.25, 0.3) is 5.91 Å². The molecule has 162 valence electrons. The summed E-state index contributed by atoms with van der Waals surface area (Å²) in [6.45, 7) is 3.64. The molecule has 1 N–H and O–H groups in total. The van der Waals surface area contributed by atoms with E-state index in [1.165, 1.54) is 32.4 Å². The number of benzene rings is 1. The minimum Gasteiger partial charge on any atom is -0.493 e. The lowest BCUT2D eigenvalue weighted by Gasteiger charge is -2.13. The maximum atomic E-state index is 12.8. The summed E-state index contributed by atoms with van der Waals surface area (Å²) < 4.78 is 20.9. The van der Waals surface area contributed by atoms with Crippen LogP contribution < -0.4 is 14.8 Å². The molecule has 0 atom stereocenters. The van der Waals surface area contributed by atoms with E-state index < -0.39 is 17.9 Å². The van der Waals surface area contributed by atoms with Crippen molar-refractivity contribution in [3.8, 4) is 11.5 Å². The van der Waals surface area contributed by atoms with Gasteiger partial charge in [0.15, 0.2) is 11.5 Å². The van der Waals surface area contributed by atoms with Gasteiger partial charge in [-0.05, 0) is 24.3 Å². The summed E-state index contributed by atoms with van der Waals surface area (Å²) in [5.74, 6) is -0.338. The summed E-state index contributed by atoms with van der Waals surface area (Å²) in [7, 11) is 2.68. The van der Waals surface area contributed by atoms with Gasteiger partial charge in [-0.15, -0.1) is 0 Å². The number of amides is 3. The molecule has 0 aliphatic carbocycles. The fourth-order valence-electron chi connectivity index (χ4n) is 2.84. The summed E-state index contributed by atoms with van der Waals surface area (Å²) in [5.41, 5.74) is 0.445. The molecule has 1 aromatic heterocycles. The molecule has 0 saturated carbocycles. The highest BCUT2D eigenvalue weighted by molar-refractivity contribution is 6.31. The van der Waals surface area contributed by atoms with Crippen molar-refractivity contribution in [3.05, 3.63) is 64.7 Å². The van der Waals surface area contributed by atoms with Gasteiger partial charge in [0.1, 0.15) is 18.1 Å². The topological polar surface area (TPSA) is 107 Å². The Bertz CT molecular complexity index is 1070. The third kappa shape index (κ3) is 4.72. The Morgan fingerprint density at radius 1 is 1.29 bits per heavy atom. The molecule has 2 heterocycles. The summed E-state index contributed by atoms with van der Waals surface area (Å²) in [4.78, 5) is 37.6. The number of carbonyl (C=O) groups is 3. The van der Waals surface area contributed by atoms with Crippen LogP contribution >= 0.6 is 11.6 Å². The van der Waals surface area contributed by atoms with E-state index in [4.69, 9.17) is 25.5 Å². The Labute approximate surface area is 182 Å². The van der Waals surface area contributed by atoms with Crippen molar-refractivity contribution in [1.29, 1.82) is 0 Å². The highest BCUT2D eigenvalue weighted by Crippen LogP contribution is 2.36. The van der Waals surface area contributed by atoms with Crippen LogP contribution in [0, 0.1) is 0 Å². The molecule has 31 heavy (non-hydrogen) atoms. The van der Waals surface area contributed by atoms with Crippen molar-refractivity contribution in [1.82, 2.24) is 10.2 Å². The van der Waals surface area contributed by atoms with Crippen molar-refractivity contribution in [2.24, 2.45) is 0 Å². The van der Waals surface area contributed by atoms with Gasteiger partial charge in [-0.2, -0.15) is 0 Å². The molecular formula is C21H19ClN2O7. The Kier molecular flexibility index (Phi) is 6.66. The summed E-state index contributed by atoms with van der Waals surface area (Å²) in [6, 6.07) is 5.39. The van der Waals surface area contributed by atoms with E-state index in [0.717, 1.165) is 4.90 Å². The monoisotopic (exact) mass is 446 g/mol. The molecule has 1 aliphatic rings. The smallest absolute Gasteiger partial charge is 0.373 e. The standard InChI is InChI=1S/C21H19ClN2O7/c1-4-7-30-18-12(8-13(22)10-17(18)28-2)9-15-19(25)24(21(27)23-15)11-14-5-6-16(31-14)20(26)29-3/h4-6,8-10H,1,7,11H2,2-3H3,(H,23,27)/b15-9+. The van der Waals surface area contributed by atoms with Gasteiger partial charge in [0, 0.05) is 16.7 Å². The highest BCUT2D eigenvalue weighted by atomic mass is 35.5. The first kappa shape index (κ1) is 22.0. The van der Waals surface area contributed by atoms with Crippen LogP contribution in [0.4, 0.5) is 4.79 Å². The van der Waals surface area contributed by atoms with E-state index in [9.17, 15) is 14.4 Å². The molecule has 1 aromatic carbocycles. The first-order chi connectivity index (χ1) is 14.9. The van der Waals surface area contributed by atoms with Crippen LogP contribution in [0.1, 0.15) is 21.9 Å². The number of esters is 1. The molecule has 10 heteroatoms. The Hall–Kier alpha value is -3.72. The molecule has 0 spiro atoms. The van der Waals surface area contributed by atoms with Crippen molar-refractivity contribution in [3.63, 3.8) is 0 Å². The quantitative estimate of drug-likeness (QED) is 0.286. The third-order valence-electron chi connectivity index (χ3n) is 4.24. The minimum absolute atomic E-state index is 0.0116. The fourth-order valence-corrected chi connectivity index (χ4v) is 3.06. The number of imide groups is 1. The number of methoxy groups -OCH3 is 2.